The van der Waals surface area contributed by atoms with Crippen LogP contribution in [0.5, 0.6) is 5.75 Å². The van der Waals surface area contributed by atoms with Crippen LogP contribution >= 0.6 is 65.3 Å². The number of likely N-dealkylation sites (tertiary alicyclic amines) is 2. The number of hydrogen-bond acceptors (Lipinski definition) is 10. The Bertz CT molecular complexity index is 2870. The number of H-pyrrole nitrogens is 2. The number of carbonyl (C=O) groups excluding carboxylic acids is 4. The number of methoxy groups -OCH3 is 2. The maximum absolute atomic E-state index is 13.8. The van der Waals surface area contributed by atoms with Crippen molar-refractivity contribution in [2.24, 2.45) is 11.8 Å². The molecule has 2 fully saturated rings. The molecule has 2 aromatic carbocycles. The van der Waals surface area contributed by atoms with E-state index in [1.807, 2.05) is 49.9 Å². The van der Waals surface area contributed by atoms with E-state index in [9.17, 15) is 19.2 Å². The van der Waals surface area contributed by atoms with Crippen LogP contribution in [0.25, 0.3) is 44.7 Å². The Morgan fingerprint density at radius 3 is 1.75 bits per heavy atom. The minimum atomic E-state index is -0.721. The summed E-state index contributed by atoms with van der Waals surface area (Å²) in [7, 11) is 2.59. The Hall–Kier alpha value is -5.22. The molecule has 9 rings (SSSR count). The topological polar surface area (TPSA) is 189 Å². The molecule has 6 aromatic rings. The largest absolute Gasteiger partial charge is 0.464 e. The van der Waals surface area contributed by atoms with Crippen LogP contribution in [0.1, 0.15) is 104 Å². The SMILES string of the molecule is COC(=O)N[C@H](C(=O)N1CCC[C@H]1c1ncc(-c2cc(C)c3c(c2)OC(c2cc(C)c(C)s2)n2c-3cc3cc(-c4cnc([C@@H]5CCCN5C(=O)[C@@H](NC(=O)OC)C(C)C)[nH]4)ccc32)[nH]1)C(C)C.S.S.S.S. The van der Waals surface area contributed by atoms with Gasteiger partial charge in [0.25, 0.3) is 0 Å². The van der Waals surface area contributed by atoms with Crippen LogP contribution in [-0.2, 0) is 19.1 Å². The lowest BCUT2D eigenvalue weighted by Gasteiger charge is -2.31. The van der Waals surface area contributed by atoms with Gasteiger partial charge in [0.15, 0.2) is 0 Å². The van der Waals surface area contributed by atoms with Gasteiger partial charge in [-0.05, 0) is 106 Å². The fourth-order valence-electron chi connectivity index (χ4n) is 9.95. The third kappa shape index (κ3) is 10.8. The molecule has 0 radical (unpaired) electrons. The quantitative estimate of drug-likeness (QED) is 0.0980. The first-order chi connectivity index (χ1) is 32.1. The molecule has 4 amide bonds. The number of carbonyl (C=O) groups is 4. The van der Waals surface area contributed by atoms with Crippen LogP contribution in [0, 0.1) is 32.6 Å². The van der Waals surface area contributed by atoms with Crippen LogP contribution in [0.2, 0.25) is 0 Å². The van der Waals surface area contributed by atoms with Crippen molar-refractivity contribution in [3.05, 3.63) is 87.4 Å². The van der Waals surface area contributed by atoms with Crippen LogP contribution in [-0.4, -0.2) is 97.7 Å². The first-order valence-electron chi connectivity index (χ1n) is 23.1. The lowest BCUT2D eigenvalue weighted by Crippen LogP contribution is -2.51. The molecule has 1 unspecified atom stereocenters. The fraction of sp³-hybridized carbons (Fsp3) is 0.440. The van der Waals surface area contributed by atoms with Crippen molar-refractivity contribution in [1.29, 1.82) is 0 Å². The average Bonchev–Trinajstić information content (AvgIpc) is 4.18. The van der Waals surface area contributed by atoms with E-state index in [1.165, 1.54) is 24.7 Å². The monoisotopic (exact) mass is 1070 g/mol. The van der Waals surface area contributed by atoms with Gasteiger partial charge in [0.2, 0.25) is 18.0 Å². The lowest BCUT2D eigenvalue weighted by molar-refractivity contribution is -0.136. The van der Waals surface area contributed by atoms with Gasteiger partial charge in [-0.1, -0.05) is 33.8 Å². The Labute approximate surface area is 446 Å². The Morgan fingerprint density at radius 2 is 1.25 bits per heavy atom. The summed E-state index contributed by atoms with van der Waals surface area (Å²) in [5, 5.41) is 6.50. The highest BCUT2D eigenvalue weighted by Gasteiger charge is 2.40. The first-order valence-corrected chi connectivity index (χ1v) is 23.9. The number of amides is 4. The highest BCUT2D eigenvalue weighted by atomic mass is 32.1. The van der Waals surface area contributed by atoms with Crippen LogP contribution in [0.15, 0.2) is 54.9 Å². The van der Waals surface area contributed by atoms with Gasteiger partial charge in [-0.2, -0.15) is 54.0 Å². The summed E-state index contributed by atoms with van der Waals surface area (Å²) in [6, 6.07) is 13.2. The zero-order valence-electron chi connectivity index (χ0n) is 41.5. The van der Waals surface area contributed by atoms with Gasteiger partial charge in [0.1, 0.15) is 29.5 Å². The van der Waals surface area contributed by atoms with E-state index in [2.05, 4.69) is 88.4 Å². The van der Waals surface area contributed by atoms with Gasteiger partial charge in [-0.15, -0.1) is 11.3 Å². The van der Waals surface area contributed by atoms with E-state index in [0.717, 1.165) is 86.5 Å². The number of aryl methyl sites for hydroxylation is 3. The molecule has 16 nitrogen and oxygen atoms in total. The van der Waals surface area contributed by atoms with Gasteiger partial charge in [-0.3, -0.25) is 14.2 Å². The van der Waals surface area contributed by atoms with E-state index in [1.54, 1.807) is 11.3 Å². The third-order valence-electron chi connectivity index (χ3n) is 13.6. The summed E-state index contributed by atoms with van der Waals surface area (Å²) in [4.78, 5) is 74.6. The number of thiophene rings is 1. The van der Waals surface area contributed by atoms with Crippen molar-refractivity contribution >= 4 is 100 Å². The maximum Gasteiger partial charge on any atom is 0.407 e. The zero-order chi connectivity index (χ0) is 47.4. The van der Waals surface area contributed by atoms with Crippen molar-refractivity contribution in [1.82, 2.24) is 44.9 Å². The molecule has 0 bridgehead atoms. The predicted octanol–water partition coefficient (Wildman–Crippen LogP) is 9.55. The predicted molar refractivity (Wildman–Crippen MR) is 297 cm³/mol. The Morgan fingerprint density at radius 1 is 0.718 bits per heavy atom. The molecular weight excluding hydrogens is 999 g/mol. The number of fused-ring (bicyclic) bond motifs is 5. The molecule has 21 heteroatoms. The molecule has 384 valence electrons. The number of imidazole rings is 2. The number of aromatic amines is 2. The summed E-state index contributed by atoms with van der Waals surface area (Å²) >= 11 is 1.74. The number of nitrogens with one attached hydrogen (secondary N) is 4. The fourth-order valence-corrected chi connectivity index (χ4v) is 11.0. The third-order valence-corrected chi connectivity index (χ3v) is 14.8. The van der Waals surface area contributed by atoms with Crippen LogP contribution in [0.3, 0.4) is 0 Å². The normalized spacial score (nSPS) is 17.7. The molecule has 4 N–H and O–H groups in total. The maximum atomic E-state index is 13.8. The van der Waals surface area contributed by atoms with Gasteiger partial charge in [-0.25, -0.2) is 19.6 Å². The number of benzene rings is 2. The van der Waals surface area contributed by atoms with Crippen molar-refractivity contribution in [3.63, 3.8) is 0 Å². The van der Waals surface area contributed by atoms with Gasteiger partial charge >= 0.3 is 12.2 Å². The molecule has 0 saturated carbocycles. The summed E-state index contributed by atoms with van der Waals surface area (Å²) in [6.07, 6.45) is 5.12. The van der Waals surface area contributed by atoms with Gasteiger partial charge in [0.05, 0.1) is 66.2 Å². The summed E-state index contributed by atoms with van der Waals surface area (Å²) < 4.78 is 19.0. The minimum Gasteiger partial charge on any atom is -0.464 e. The summed E-state index contributed by atoms with van der Waals surface area (Å²) in [5.41, 5.74) is 8.85. The number of nitrogens with zero attached hydrogens (tertiary/aromatic N) is 5. The second-order valence-electron chi connectivity index (χ2n) is 18.7. The van der Waals surface area contributed by atoms with Crippen LogP contribution in [0.4, 0.5) is 9.59 Å². The molecule has 7 heterocycles. The molecule has 4 aromatic heterocycles. The molecular formula is C50H67N9O7S5. The summed E-state index contributed by atoms with van der Waals surface area (Å²) in [5.74, 6) is 1.60. The van der Waals surface area contributed by atoms with Crippen LogP contribution < -0.4 is 15.4 Å². The van der Waals surface area contributed by atoms with E-state index in [-0.39, 0.29) is 89.7 Å². The minimum absolute atomic E-state index is 0. The number of aromatic nitrogens is 5. The van der Waals surface area contributed by atoms with Crippen molar-refractivity contribution < 1.29 is 33.4 Å². The summed E-state index contributed by atoms with van der Waals surface area (Å²) in [6.45, 7) is 15.1. The standard InChI is InChI=1S/C50H59N9O7S.4H2S/c1-25(2)42(55-49(62)64-8)46(60)57-16-10-12-36(57)44-51-23-33(53-44)30-14-15-35-32(20-30)21-38-41-28(6)18-31(22-39(41)66-48(59(35)38)40-19-27(5)29(7)67-40)34-24-52-45(54-34)37-13-11-17-58(37)47(61)43(26(3)4)56-50(63)65-9;;;;/h14-15,18-26,36-37,42-43,48H,10-13,16-17H2,1-9H3,(H,51,53)(H,52,54)(H,55,62)(H,56,63);4*1H2/t36-,37-,42-,43-,48?;;;;/m0..../s1. The molecule has 0 spiro atoms. The molecule has 71 heavy (non-hydrogen) atoms. The molecule has 5 atom stereocenters. The molecule has 2 saturated heterocycles. The molecule has 0 aliphatic carbocycles. The smallest absolute Gasteiger partial charge is 0.407 e. The van der Waals surface area contributed by atoms with E-state index in [0.29, 0.717) is 24.7 Å². The lowest BCUT2D eigenvalue weighted by atomic mass is 9.98. The van der Waals surface area contributed by atoms with E-state index < -0.39 is 30.5 Å². The number of hydrogen-bond donors (Lipinski definition) is 4. The highest BCUT2D eigenvalue weighted by Crippen LogP contribution is 2.49. The van der Waals surface area contributed by atoms with Gasteiger partial charge in [0, 0.05) is 40.0 Å². The zero-order valence-corrected chi connectivity index (χ0v) is 46.3. The number of alkyl carbamates (subject to hydrolysis) is 2. The molecule has 3 aliphatic heterocycles. The molecule has 3 aliphatic rings. The second kappa shape index (κ2) is 23.1. The number of ether oxygens (including phenoxy) is 3. The van der Waals surface area contributed by atoms with Gasteiger partial charge < -0.3 is 44.6 Å². The second-order valence-corrected chi connectivity index (χ2v) is 19.9. The first kappa shape index (κ1) is 56.7. The van der Waals surface area contributed by atoms with Crippen molar-refractivity contribution in [3.8, 4) is 39.5 Å². The van der Waals surface area contributed by atoms with E-state index >= 15 is 0 Å². The average molecular weight is 1070 g/mol. The highest BCUT2D eigenvalue weighted by molar-refractivity contribution is 7.59. The van der Waals surface area contributed by atoms with E-state index in [4.69, 9.17) is 24.2 Å². The number of rotatable bonds is 11. The van der Waals surface area contributed by atoms with Crippen molar-refractivity contribution in [2.45, 2.75) is 105 Å². The Balaban J connectivity index is 0.00000234. The Kier molecular flexibility index (Phi) is 18.5. The van der Waals surface area contributed by atoms with Crippen molar-refractivity contribution in [2.75, 3.05) is 27.3 Å².